The van der Waals surface area contributed by atoms with Gasteiger partial charge in [-0.25, -0.2) is 4.98 Å². The molecular formula is C23H24ClN5O2. The zero-order valence-electron chi connectivity index (χ0n) is 17.6. The molecule has 0 N–H and O–H groups in total. The van der Waals surface area contributed by atoms with E-state index in [-0.39, 0.29) is 10.6 Å². The number of nitrogens with zero attached hydrogens (tertiary/aromatic N) is 5. The van der Waals surface area contributed by atoms with Crippen LogP contribution in [0.5, 0.6) is 0 Å². The molecule has 1 aromatic heterocycles. The molecule has 0 radical (unpaired) electrons. The predicted octanol–water partition coefficient (Wildman–Crippen LogP) is 4.67. The molecule has 0 saturated carbocycles. The number of non-ortho nitro benzene ring substituents is 1. The van der Waals surface area contributed by atoms with Crippen molar-refractivity contribution in [1.82, 2.24) is 14.5 Å². The van der Waals surface area contributed by atoms with Crippen LogP contribution in [-0.2, 0) is 13.0 Å². The van der Waals surface area contributed by atoms with Crippen molar-refractivity contribution >= 4 is 23.0 Å². The predicted molar refractivity (Wildman–Crippen MR) is 123 cm³/mol. The average molecular weight is 438 g/mol. The monoisotopic (exact) mass is 437 g/mol. The van der Waals surface area contributed by atoms with Crippen molar-refractivity contribution in [2.75, 3.05) is 19.6 Å². The van der Waals surface area contributed by atoms with Gasteiger partial charge in [0.1, 0.15) is 5.82 Å². The molecule has 160 valence electrons. The summed E-state index contributed by atoms with van der Waals surface area (Å²) in [5, 5.41) is 12.1. The third-order valence-electron chi connectivity index (χ3n) is 5.68. The van der Waals surface area contributed by atoms with Gasteiger partial charge >= 0.3 is 0 Å². The molecule has 0 atom stereocenters. The van der Waals surface area contributed by atoms with E-state index >= 15 is 0 Å². The Hall–Kier alpha value is -3.03. The lowest BCUT2D eigenvalue weighted by Crippen LogP contribution is -2.26. The van der Waals surface area contributed by atoms with Crippen LogP contribution in [0.15, 0.2) is 53.7 Å². The fourth-order valence-electron chi connectivity index (χ4n) is 3.97. The van der Waals surface area contributed by atoms with Gasteiger partial charge in [-0.05, 0) is 25.2 Å². The Bertz CT molecular complexity index is 1150. The fourth-order valence-corrected chi connectivity index (χ4v) is 4.19. The number of nitro benzene ring substituents is 1. The molecule has 1 aliphatic rings. The summed E-state index contributed by atoms with van der Waals surface area (Å²) >= 11 is 6.47. The van der Waals surface area contributed by atoms with Gasteiger partial charge in [0.2, 0.25) is 0 Å². The molecule has 8 heteroatoms. The molecule has 0 fully saturated rings. The maximum atomic E-state index is 11.5. The lowest BCUT2D eigenvalue weighted by Gasteiger charge is -2.19. The van der Waals surface area contributed by atoms with Gasteiger partial charge in [-0.15, -0.1) is 0 Å². The highest BCUT2D eigenvalue weighted by molar-refractivity contribution is 6.35. The van der Waals surface area contributed by atoms with Crippen LogP contribution in [0.2, 0.25) is 5.02 Å². The number of hydrogen-bond acceptors (Lipinski definition) is 5. The first-order chi connectivity index (χ1) is 15.0. The summed E-state index contributed by atoms with van der Waals surface area (Å²) in [6.45, 7) is 7.56. The van der Waals surface area contributed by atoms with Gasteiger partial charge in [-0.1, -0.05) is 43.6 Å². The van der Waals surface area contributed by atoms with Crippen molar-refractivity contribution in [3.8, 4) is 5.69 Å². The van der Waals surface area contributed by atoms with Crippen LogP contribution in [0.25, 0.3) is 5.69 Å². The number of aliphatic imine (C=N–C) groups is 1. The molecule has 0 saturated heterocycles. The first kappa shape index (κ1) is 21.2. The summed E-state index contributed by atoms with van der Waals surface area (Å²) in [6.07, 6.45) is 2.71. The molecule has 0 amide bonds. The fraction of sp³-hybridized carbons (Fsp3) is 0.304. The number of fused-ring (bicyclic) bond motifs is 3. The second kappa shape index (κ2) is 8.99. The summed E-state index contributed by atoms with van der Waals surface area (Å²) in [6, 6.07) is 12.3. The largest absolute Gasteiger partial charge is 0.303 e. The summed E-state index contributed by atoms with van der Waals surface area (Å²) in [7, 11) is 0. The smallest absolute Gasteiger partial charge is 0.270 e. The Morgan fingerprint density at radius 3 is 2.65 bits per heavy atom. The van der Waals surface area contributed by atoms with Crippen LogP contribution in [0.4, 0.5) is 5.69 Å². The minimum absolute atomic E-state index is 0.0201. The maximum absolute atomic E-state index is 11.5. The van der Waals surface area contributed by atoms with Crippen molar-refractivity contribution in [3.63, 3.8) is 0 Å². The molecule has 0 unspecified atom stereocenters. The molecule has 0 bridgehead atoms. The number of benzene rings is 2. The molecule has 2 heterocycles. The molecule has 4 rings (SSSR count). The van der Waals surface area contributed by atoms with Crippen LogP contribution < -0.4 is 0 Å². The Kier molecular flexibility index (Phi) is 6.15. The van der Waals surface area contributed by atoms with Crippen molar-refractivity contribution in [2.24, 2.45) is 4.99 Å². The summed E-state index contributed by atoms with van der Waals surface area (Å²) < 4.78 is 2.09. The van der Waals surface area contributed by atoms with Crippen molar-refractivity contribution < 1.29 is 4.92 Å². The quantitative estimate of drug-likeness (QED) is 0.397. The number of nitro groups is 1. The minimum Gasteiger partial charge on any atom is -0.303 e. The first-order valence-electron chi connectivity index (χ1n) is 10.4. The zero-order chi connectivity index (χ0) is 22.0. The highest BCUT2D eigenvalue weighted by atomic mass is 35.5. The normalized spacial score (nSPS) is 12.8. The second-order valence-electron chi connectivity index (χ2n) is 7.38. The van der Waals surface area contributed by atoms with Crippen LogP contribution >= 0.6 is 11.6 Å². The zero-order valence-corrected chi connectivity index (χ0v) is 18.3. The summed E-state index contributed by atoms with van der Waals surface area (Å²) in [5.41, 5.74) is 4.00. The van der Waals surface area contributed by atoms with E-state index < -0.39 is 0 Å². The van der Waals surface area contributed by atoms with E-state index in [2.05, 4.69) is 28.3 Å². The van der Waals surface area contributed by atoms with Crippen LogP contribution in [0, 0.1) is 10.1 Å². The van der Waals surface area contributed by atoms with E-state index in [1.165, 1.54) is 6.07 Å². The molecule has 31 heavy (non-hydrogen) atoms. The molecule has 7 nitrogen and oxygen atoms in total. The summed E-state index contributed by atoms with van der Waals surface area (Å²) in [4.78, 5) is 22.9. The van der Waals surface area contributed by atoms with Gasteiger partial charge in [0.05, 0.1) is 22.9 Å². The molecule has 3 aromatic rings. The van der Waals surface area contributed by atoms with E-state index in [0.717, 1.165) is 48.8 Å². The second-order valence-corrected chi connectivity index (χ2v) is 7.79. The lowest BCUT2D eigenvalue weighted by atomic mass is 9.99. The van der Waals surface area contributed by atoms with Gasteiger partial charge in [0.25, 0.3) is 5.69 Å². The average Bonchev–Trinajstić information content (AvgIpc) is 3.10. The molecule has 0 aliphatic carbocycles. The maximum Gasteiger partial charge on any atom is 0.270 e. The van der Waals surface area contributed by atoms with Gasteiger partial charge < -0.3 is 4.90 Å². The number of halogens is 1. The van der Waals surface area contributed by atoms with Gasteiger partial charge in [0, 0.05) is 53.1 Å². The van der Waals surface area contributed by atoms with Crippen molar-refractivity contribution in [2.45, 2.75) is 26.8 Å². The Balaban J connectivity index is 1.85. The third kappa shape index (κ3) is 4.11. The number of imidazole rings is 1. The number of rotatable bonds is 7. The van der Waals surface area contributed by atoms with E-state index in [1.807, 2.05) is 24.4 Å². The molecule has 1 aliphatic heterocycles. The van der Waals surface area contributed by atoms with Crippen LogP contribution in [-0.4, -0.2) is 44.7 Å². The van der Waals surface area contributed by atoms with Crippen molar-refractivity contribution in [1.29, 1.82) is 0 Å². The van der Waals surface area contributed by atoms with E-state index in [9.17, 15) is 10.1 Å². The molecule has 0 spiro atoms. The van der Waals surface area contributed by atoms with Gasteiger partial charge in [-0.2, -0.15) is 0 Å². The molecule has 2 aromatic carbocycles. The number of hydrogen-bond donors (Lipinski definition) is 0. The Morgan fingerprint density at radius 1 is 1.16 bits per heavy atom. The Labute approximate surface area is 186 Å². The SMILES string of the molecule is CCN(CC)CCc1cnc2n1-c1ccc([N+](=O)[O-])cc1C(c1ccccc1Cl)=NC2. The number of likely N-dealkylation sites (N-methyl/N-ethyl adjacent to an activating group) is 1. The van der Waals surface area contributed by atoms with Crippen molar-refractivity contribution in [3.05, 3.63) is 86.4 Å². The van der Waals surface area contributed by atoms with Crippen LogP contribution in [0.1, 0.15) is 36.5 Å². The number of aromatic nitrogens is 2. The first-order valence-corrected chi connectivity index (χ1v) is 10.8. The van der Waals surface area contributed by atoms with E-state index in [4.69, 9.17) is 16.6 Å². The molecular weight excluding hydrogens is 414 g/mol. The standard InChI is InChI=1S/C23H24ClN5O2/c1-3-27(4-2)12-11-17-14-25-22-15-26-23(18-7-5-6-8-20(18)24)19-13-16(29(30)31)9-10-21(19)28(17)22/h5-10,13-14H,3-4,11-12,15H2,1-2H3. The highest BCUT2D eigenvalue weighted by Gasteiger charge is 2.25. The Morgan fingerprint density at radius 2 is 1.94 bits per heavy atom. The topological polar surface area (TPSA) is 76.6 Å². The van der Waals surface area contributed by atoms with E-state index in [1.54, 1.807) is 18.2 Å². The van der Waals surface area contributed by atoms with Gasteiger partial charge in [0.15, 0.2) is 0 Å². The third-order valence-corrected chi connectivity index (χ3v) is 6.01. The minimum atomic E-state index is -0.383. The van der Waals surface area contributed by atoms with E-state index in [0.29, 0.717) is 22.8 Å². The summed E-state index contributed by atoms with van der Waals surface area (Å²) in [5.74, 6) is 0.812. The lowest BCUT2D eigenvalue weighted by molar-refractivity contribution is -0.384. The van der Waals surface area contributed by atoms with Gasteiger partial charge in [-0.3, -0.25) is 19.7 Å². The van der Waals surface area contributed by atoms with Crippen LogP contribution in [0.3, 0.4) is 0 Å². The highest BCUT2D eigenvalue weighted by Crippen LogP contribution is 2.31.